The molecule has 124 valence electrons. The summed E-state index contributed by atoms with van der Waals surface area (Å²) in [4.78, 5) is 19.9. The Hall–Kier alpha value is -2.12. The van der Waals surface area contributed by atoms with Crippen molar-refractivity contribution in [3.63, 3.8) is 0 Å². The molecular formula is C16H23N5O2. The van der Waals surface area contributed by atoms with E-state index >= 15 is 0 Å². The highest BCUT2D eigenvalue weighted by Gasteiger charge is 2.28. The molecule has 1 aliphatic rings. The van der Waals surface area contributed by atoms with Crippen LogP contribution < -0.4 is 20.9 Å². The second kappa shape index (κ2) is 6.97. The molecule has 7 heteroatoms. The van der Waals surface area contributed by atoms with Crippen LogP contribution in [0.25, 0.3) is 11.0 Å². The minimum atomic E-state index is -0.184. The summed E-state index contributed by atoms with van der Waals surface area (Å²) in [5.41, 5.74) is 7.99. The van der Waals surface area contributed by atoms with Crippen molar-refractivity contribution in [1.82, 2.24) is 26.1 Å². The molecule has 0 spiro atoms. The molecule has 0 saturated carbocycles. The van der Waals surface area contributed by atoms with E-state index in [1.165, 1.54) is 0 Å². The molecule has 1 saturated heterocycles. The van der Waals surface area contributed by atoms with Crippen LogP contribution in [0.3, 0.4) is 0 Å². The predicted molar refractivity (Wildman–Crippen MR) is 87.9 cm³/mol. The fourth-order valence-corrected chi connectivity index (χ4v) is 2.88. The number of H-pyrrole nitrogens is 1. The van der Waals surface area contributed by atoms with Gasteiger partial charge in [-0.1, -0.05) is 13.3 Å². The molecule has 2 unspecified atom stereocenters. The number of hydrogen-bond acceptors (Lipinski definition) is 5. The van der Waals surface area contributed by atoms with Crippen molar-refractivity contribution < 1.29 is 9.53 Å². The van der Waals surface area contributed by atoms with E-state index in [0.717, 1.165) is 41.9 Å². The van der Waals surface area contributed by atoms with Crippen molar-refractivity contribution in [3.05, 3.63) is 24.0 Å². The molecule has 4 N–H and O–H groups in total. The highest BCUT2D eigenvalue weighted by atomic mass is 16.5. The quantitative estimate of drug-likeness (QED) is 0.643. The summed E-state index contributed by atoms with van der Waals surface area (Å²) in [6.07, 6.45) is 3.00. The zero-order valence-corrected chi connectivity index (χ0v) is 13.5. The molecule has 2 atom stereocenters. The molecule has 1 aromatic carbocycles. The minimum Gasteiger partial charge on any atom is -0.497 e. The molecule has 1 aliphatic heterocycles. The number of hydrogen-bond donors (Lipinski definition) is 4. The first-order valence-corrected chi connectivity index (χ1v) is 8.01. The van der Waals surface area contributed by atoms with Gasteiger partial charge in [-0.05, 0) is 25.0 Å². The summed E-state index contributed by atoms with van der Waals surface area (Å²) < 4.78 is 5.19. The molecule has 3 rings (SSSR count). The number of benzene rings is 1. The fourth-order valence-electron chi connectivity index (χ4n) is 2.88. The van der Waals surface area contributed by atoms with E-state index in [2.05, 4.69) is 33.1 Å². The lowest BCUT2D eigenvalue weighted by molar-refractivity contribution is -0.123. The molecule has 23 heavy (non-hydrogen) atoms. The summed E-state index contributed by atoms with van der Waals surface area (Å²) in [5.74, 6) is 1.51. The first-order chi connectivity index (χ1) is 11.2. The monoisotopic (exact) mass is 317 g/mol. The van der Waals surface area contributed by atoms with Gasteiger partial charge in [0, 0.05) is 12.1 Å². The van der Waals surface area contributed by atoms with Gasteiger partial charge in [0.1, 0.15) is 17.6 Å². The lowest BCUT2D eigenvalue weighted by atomic mass is 10.1. The van der Waals surface area contributed by atoms with E-state index in [4.69, 9.17) is 4.74 Å². The molecule has 0 aliphatic carbocycles. The average molecular weight is 317 g/mol. The van der Waals surface area contributed by atoms with Crippen LogP contribution in [-0.4, -0.2) is 35.1 Å². The lowest BCUT2D eigenvalue weighted by Crippen LogP contribution is -2.43. The summed E-state index contributed by atoms with van der Waals surface area (Å²) in [7, 11) is 1.63. The van der Waals surface area contributed by atoms with Gasteiger partial charge in [0.05, 0.1) is 24.7 Å². The minimum absolute atomic E-state index is 0.00543. The van der Waals surface area contributed by atoms with E-state index in [9.17, 15) is 4.79 Å². The lowest BCUT2D eigenvalue weighted by Gasteiger charge is -2.09. The Morgan fingerprint density at radius 3 is 3.09 bits per heavy atom. The molecule has 1 fully saturated rings. The van der Waals surface area contributed by atoms with Crippen LogP contribution in [0, 0.1) is 0 Å². The maximum Gasteiger partial charge on any atom is 0.238 e. The average Bonchev–Trinajstić information content (AvgIpc) is 3.18. The maximum atomic E-state index is 12.2. The number of nitrogens with one attached hydrogen (secondary N) is 4. The van der Waals surface area contributed by atoms with Gasteiger partial charge in [-0.3, -0.25) is 10.2 Å². The van der Waals surface area contributed by atoms with Crippen LogP contribution >= 0.6 is 0 Å². The number of aromatic nitrogens is 2. The molecule has 2 heterocycles. The fraction of sp³-hybridized carbons (Fsp3) is 0.500. The Bertz CT molecular complexity index is 684. The normalized spacial score (nSPS) is 20.8. The van der Waals surface area contributed by atoms with Gasteiger partial charge < -0.3 is 15.0 Å². The van der Waals surface area contributed by atoms with Crippen molar-refractivity contribution in [2.45, 2.75) is 44.8 Å². The molecule has 0 bridgehead atoms. The van der Waals surface area contributed by atoms with Crippen molar-refractivity contribution in [2.75, 3.05) is 7.11 Å². The van der Waals surface area contributed by atoms with Crippen LogP contribution in [0.15, 0.2) is 18.2 Å². The molecule has 2 aromatic rings. The molecule has 1 aromatic heterocycles. The van der Waals surface area contributed by atoms with E-state index < -0.39 is 0 Å². The number of carbonyl (C=O) groups is 1. The van der Waals surface area contributed by atoms with Gasteiger partial charge in [0.2, 0.25) is 5.91 Å². The second-order valence-corrected chi connectivity index (χ2v) is 5.85. The second-order valence-electron chi connectivity index (χ2n) is 5.85. The van der Waals surface area contributed by atoms with Crippen LogP contribution in [-0.2, 0) is 11.3 Å². The van der Waals surface area contributed by atoms with Crippen molar-refractivity contribution >= 4 is 16.9 Å². The first kappa shape index (κ1) is 15.8. The summed E-state index contributed by atoms with van der Waals surface area (Å²) in [6, 6.07) is 5.85. The van der Waals surface area contributed by atoms with E-state index in [1.807, 2.05) is 18.2 Å². The maximum absolute atomic E-state index is 12.2. The number of carbonyl (C=O) groups excluding carboxylic acids is 1. The number of fused-ring (bicyclic) bond motifs is 1. The Kier molecular flexibility index (Phi) is 4.78. The number of amides is 1. The molecule has 0 radical (unpaired) electrons. The number of hydrazine groups is 1. The molecular weight excluding hydrogens is 294 g/mol. The summed E-state index contributed by atoms with van der Waals surface area (Å²) in [5, 5.41) is 2.93. The zero-order valence-electron chi connectivity index (χ0n) is 13.5. The van der Waals surface area contributed by atoms with Crippen LogP contribution in [0.1, 0.15) is 32.0 Å². The van der Waals surface area contributed by atoms with Gasteiger partial charge >= 0.3 is 0 Å². The van der Waals surface area contributed by atoms with Crippen LogP contribution in [0.4, 0.5) is 0 Å². The summed E-state index contributed by atoms with van der Waals surface area (Å²) in [6.45, 7) is 2.53. The third-order valence-corrected chi connectivity index (χ3v) is 4.10. The van der Waals surface area contributed by atoms with Crippen molar-refractivity contribution in [2.24, 2.45) is 0 Å². The Labute approximate surface area is 135 Å². The van der Waals surface area contributed by atoms with E-state index in [-0.39, 0.29) is 11.9 Å². The Morgan fingerprint density at radius 2 is 2.30 bits per heavy atom. The Balaban J connectivity index is 1.57. The van der Waals surface area contributed by atoms with E-state index in [0.29, 0.717) is 12.6 Å². The van der Waals surface area contributed by atoms with Crippen LogP contribution in [0.2, 0.25) is 0 Å². The highest BCUT2D eigenvalue weighted by molar-refractivity contribution is 5.82. The molecule has 7 nitrogen and oxygen atoms in total. The number of rotatable bonds is 6. The standard InChI is InChI=1S/C16H23N5O2/c1-3-4-10-7-14(21-20-10)16(22)17-9-15-18-12-6-5-11(23-2)8-13(12)19-15/h5-6,8,10,14,20-21H,3-4,7,9H2,1-2H3,(H,17,22)(H,18,19). The van der Waals surface area contributed by atoms with Gasteiger partial charge in [-0.2, -0.15) is 0 Å². The van der Waals surface area contributed by atoms with Crippen molar-refractivity contribution in [1.29, 1.82) is 0 Å². The van der Waals surface area contributed by atoms with Gasteiger partial charge in [-0.25, -0.2) is 10.4 Å². The number of aromatic amines is 1. The van der Waals surface area contributed by atoms with Crippen LogP contribution in [0.5, 0.6) is 5.75 Å². The SMILES string of the molecule is CCCC1CC(C(=O)NCc2nc3ccc(OC)cc3[nH]2)NN1. The van der Waals surface area contributed by atoms with Gasteiger partial charge in [0.15, 0.2) is 0 Å². The number of nitrogens with zero attached hydrogens (tertiary/aromatic N) is 1. The third kappa shape index (κ3) is 3.62. The number of imidazole rings is 1. The van der Waals surface area contributed by atoms with Gasteiger partial charge in [-0.15, -0.1) is 0 Å². The number of methoxy groups -OCH3 is 1. The largest absolute Gasteiger partial charge is 0.497 e. The Morgan fingerprint density at radius 1 is 1.43 bits per heavy atom. The van der Waals surface area contributed by atoms with Crippen molar-refractivity contribution in [3.8, 4) is 5.75 Å². The predicted octanol–water partition coefficient (Wildman–Crippen LogP) is 1.22. The zero-order chi connectivity index (χ0) is 16.2. The topological polar surface area (TPSA) is 91.1 Å². The smallest absolute Gasteiger partial charge is 0.238 e. The third-order valence-electron chi connectivity index (χ3n) is 4.10. The van der Waals surface area contributed by atoms with E-state index in [1.54, 1.807) is 7.11 Å². The first-order valence-electron chi connectivity index (χ1n) is 8.01. The summed E-state index contributed by atoms with van der Waals surface area (Å²) >= 11 is 0. The molecule has 1 amide bonds. The number of ether oxygens (including phenoxy) is 1. The van der Waals surface area contributed by atoms with Gasteiger partial charge in [0.25, 0.3) is 0 Å². The highest BCUT2D eigenvalue weighted by Crippen LogP contribution is 2.18.